The Hall–Kier alpha value is -1.36. The number of nitrogens with one attached hydrogen (secondary N) is 1. The summed E-state index contributed by atoms with van der Waals surface area (Å²) in [7, 11) is 0. The monoisotopic (exact) mass is 238 g/mol. The molecule has 5 nitrogen and oxygen atoms in total. The summed E-state index contributed by atoms with van der Waals surface area (Å²) in [5.74, 6) is 0.448. The van der Waals surface area contributed by atoms with Gasteiger partial charge in [0.05, 0.1) is 0 Å². The molecule has 0 fully saturated rings. The molecular weight excluding hydrogens is 216 g/mol. The zero-order valence-electron chi connectivity index (χ0n) is 10.6. The van der Waals surface area contributed by atoms with E-state index in [1.165, 1.54) is 0 Å². The van der Waals surface area contributed by atoms with Crippen LogP contribution in [0.4, 0.5) is 0 Å². The topological polar surface area (TPSA) is 72.9 Å². The quantitative estimate of drug-likeness (QED) is 0.736. The highest BCUT2D eigenvalue weighted by atomic mass is 16.1. The van der Waals surface area contributed by atoms with Crippen molar-refractivity contribution in [2.24, 2.45) is 11.7 Å². The summed E-state index contributed by atoms with van der Waals surface area (Å²) in [6.45, 7) is 5.50. The lowest BCUT2D eigenvalue weighted by Crippen LogP contribution is -2.31. The third kappa shape index (κ3) is 6.06. The molecule has 0 spiro atoms. The van der Waals surface area contributed by atoms with Crippen LogP contribution in [-0.2, 0) is 11.3 Å². The van der Waals surface area contributed by atoms with Crippen LogP contribution in [-0.4, -0.2) is 28.3 Å². The Morgan fingerprint density at radius 2 is 2.29 bits per heavy atom. The number of hydrogen-bond donors (Lipinski definition) is 2. The Kier molecular flexibility index (Phi) is 5.69. The molecule has 0 bridgehead atoms. The first-order chi connectivity index (χ1) is 8.08. The molecule has 0 radical (unpaired) electrons. The van der Waals surface area contributed by atoms with Crippen LogP contribution in [0.3, 0.4) is 0 Å². The molecule has 17 heavy (non-hydrogen) atoms. The molecule has 0 aliphatic rings. The number of rotatable bonds is 7. The van der Waals surface area contributed by atoms with Crippen molar-refractivity contribution >= 4 is 5.91 Å². The van der Waals surface area contributed by atoms with Crippen molar-refractivity contribution in [2.45, 2.75) is 39.3 Å². The molecule has 0 saturated heterocycles. The SMILES string of the molecule is CC(N)CCC(=O)NCC(C)Cn1cccn1. The Balaban J connectivity index is 2.15. The van der Waals surface area contributed by atoms with E-state index in [-0.39, 0.29) is 11.9 Å². The molecule has 2 atom stereocenters. The fraction of sp³-hybridized carbons (Fsp3) is 0.667. The summed E-state index contributed by atoms with van der Waals surface area (Å²) >= 11 is 0. The third-order valence-corrected chi connectivity index (χ3v) is 2.53. The Bertz CT molecular complexity index is 321. The predicted molar refractivity (Wildman–Crippen MR) is 67.3 cm³/mol. The Morgan fingerprint density at radius 3 is 2.88 bits per heavy atom. The highest BCUT2D eigenvalue weighted by Gasteiger charge is 2.07. The number of aromatic nitrogens is 2. The zero-order chi connectivity index (χ0) is 12.7. The van der Waals surface area contributed by atoms with Crippen LogP contribution in [0.15, 0.2) is 18.5 Å². The molecule has 0 saturated carbocycles. The van der Waals surface area contributed by atoms with Gasteiger partial charge in [-0.1, -0.05) is 6.92 Å². The minimum absolute atomic E-state index is 0.0783. The first-order valence-electron chi connectivity index (χ1n) is 6.07. The lowest BCUT2D eigenvalue weighted by atomic mass is 10.1. The van der Waals surface area contributed by atoms with Gasteiger partial charge in [-0.15, -0.1) is 0 Å². The average Bonchev–Trinajstić information content (AvgIpc) is 2.76. The molecule has 96 valence electrons. The summed E-state index contributed by atoms with van der Waals surface area (Å²) in [6.07, 6.45) is 4.92. The van der Waals surface area contributed by atoms with Gasteiger partial charge in [-0.3, -0.25) is 9.48 Å². The molecule has 2 unspecified atom stereocenters. The lowest BCUT2D eigenvalue weighted by Gasteiger charge is -2.13. The van der Waals surface area contributed by atoms with Gasteiger partial charge in [0.15, 0.2) is 0 Å². The number of hydrogen-bond acceptors (Lipinski definition) is 3. The molecule has 1 aromatic heterocycles. The van der Waals surface area contributed by atoms with E-state index in [0.717, 1.165) is 13.0 Å². The van der Waals surface area contributed by atoms with Crippen molar-refractivity contribution < 1.29 is 4.79 Å². The van der Waals surface area contributed by atoms with Gasteiger partial charge in [-0.05, 0) is 25.3 Å². The van der Waals surface area contributed by atoms with E-state index < -0.39 is 0 Å². The normalized spacial score (nSPS) is 14.3. The molecule has 1 heterocycles. The summed E-state index contributed by atoms with van der Waals surface area (Å²) in [5.41, 5.74) is 5.60. The molecule has 1 aromatic rings. The Labute approximate surface area is 102 Å². The van der Waals surface area contributed by atoms with Gasteiger partial charge in [0.1, 0.15) is 0 Å². The second kappa shape index (κ2) is 7.06. The van der Waals surface area contributed by atoms with E-state index in [4.69, 9.17) is 5.73 Å². The van der Waals surface area contributed by atoms with Gasteiger partial charge >= 0.3 is 0 Å². The van der Waals surface area contributed by atoms with Crippen molar-refractivity contribution in [3.63, 3.8) is 0 Å². The van der Waals surface area contributed by atoms with Gasteiger partial charge in [0.25, 0.3) is 0 Å². The smallest absolute Gasteiger partial charge is 0.220 e. The summed E-state index contributed by atoms with van der Waals surface area (Å²) in [4.78, 5) is 11.5. The van der Waals surface area contributed by atoms with Crippen LogP contribution < -0.4 is 11.1 Å². The van der Waals surface area contributed by atoms with E-state index >= 15 is 0 Å². The zero-order valence-corrected chi connectivity index (χ0v) is 10.6. The van der Waals surface area contributed by atoms with Crippen molar-refractivity contribution in [2.75, 3.05) is 6.54 Å². The molecule has 0 aliphatic heterocycles. The van der Waals surface area contributed by atoms with Gasteiger partial charge in [-0.25, -0.2) is 0 Å². The summed E-state index contributed by atoms with van der Waals surface area (Å²) < 4.78 is 1.87. The molecule has 1 amide bonds. The minimum Gasteiger partial charge on any atom is -0.356 e. The van der Waals surface area contributed by atoms with Crippen LogP contribution in [0.25, 0.3) is 0 Å². The number of carbonyl (C=O) groups excluding carboxylic acids is 1. The largest absolute Gasteiger partial charge is 0.356 e. The van der Waals surface area contributed by atoms with Crippen molar-refractivity contribution in [1.82, 2.24) is 15.1 Å². The highest BCUT2D eigenvalue weighted by Crippen LogP contribution is 1.99. The fourth-order valence-corrected chi connectivity index (χ4v) is 1.53. The molecular formula is C12H22N4O. The van der Waals surface area contributed by atoms with Crippen LogP contribution in [0.1, 0.15) is 26.7 Å². The lowest BCUT2D eigenvalue weighted by molar-refractivity contribution is -0.121. The van der Waals surface area contributed by atoms with Crippen molar-refractivity contribution in [3.05, 3.63) is 18.5 Å². The van der Waals surface area contributed by atoms with Crippen LogP contribution >= 0.6 is 0 Å². The van der Waals surface area contributed by atoms with Crippen molar-refractivity contribution in [3.8, 4) is 0 Å². The molecule has 0 aromatic carbocycles. The molecule has 3 N–H and O–H groups in total. The number of amides is 1. The van der Waals surface area contributed by atoms with Gasteiger partial charge < -0.3 is 11.1 Å². The van der Waals surface area contributed by atoms with Crippen LogP contribution in [0.5, 0.6) is 0 Å². The van der Waals surface area contributed by atoms with E-state index in [0.29, 0.717) is 18.9 Å². The van der Waals surface area contributed by atoms with E-state index in [2.05, 4.69) is 17.3 Å². The number of nitrogens with two attached hydrogens (primary N) is 1. The minimum atomic E-state index is 0.0783. The first kappa shape index (κ1) is 13.7. The molecule has 0 aliphatic carbocycles. The maximum Gasteiger partial charge on any atom is 0.220 e. The predicted octanol–water partition coefficient (Wildman–Crippen LogP) is 0.763. The van der Waals surface area contributed by atoms with E-state index in [1.807, 2.05) is 23.9 Å². The summed E-state index contributed by atoms with van der Waals surface area (Å²) in [6, 6.07) is 1.98. The number of nitrogens with zero attached hydrogens (tertiary/aromatic N) is 2. The average molecular weight is 238 g/mol. The van der Waals surface area contributed by atoms with Crippen LogP contribution in [0, 0.1) is 5.92 Å². The van der Waals surface area contributed by atoms with Gasteiger partial charge in [-0.2, -0.15) is 5.10 Å². The second-order valence-corrected chi connectivity index (χ2v) is 4.65. The second-order valence-electron chi connectivity index (χ2n) is 4.65. The third-order valence-electron chi connectivity index (χ3n) is 2.53. The fourth-order valence-electron chi connectivity index (χ4n) is 1.53. The first-order valence-corrected chi connectivity index (χ1v) is 6.07. The molecule has 5 heteroatoms. The van der Waals surface area contributed by atoms with E-state index in [1.54, 1.807) is 6.20 Å². The maximum atomic E-state index is 11.5. The van der Waals surface area contributed by atoms with Crippen LogP contribution in [0.2, 0.25) is 0 Å². The molecule has 1 rings (SSSR count). The van der Waals surface area contributed by atoms with Gasteiger partial charge in [0, 0.05) is 37.9 Å². The number of carbonyl (C=O) groups is 1. The standard InChI is InChI=1S/C12H22N4O/c1-10(9-16-7-3-6-15-16)8-14-12(17)5-4-11(2)13/h3,6-7,10-11H,4-5,8-9,13H2,1-2H3,(H,14,17). The van der Waals surface area contributed by atoms with Crippen molar-refractivity contribution in [1.29, 1.82) is 0 Å². The van der Waals surface area contributed by atoms with E-state index in [9.17, 15) is 4.79 Å². The van der Waals surface area contributed by atoms with Gasteiger partial charge in [0.2, 0.25) is 5.91 Å². The maximum absolute atomic E-state index is 11.5. The highest BCUT2D eigenvalue weighted by molar-refractivity contribution is 5.75. The Morgan fingerprint density at radius 1 is 1.53 bits per heavy atom. The summed E-state index contributed by atoms with van der Waals surface area (Å²) in [5, 5.41) is 7.04.